The molecule has 2 unspecified atom stereocenters. The van der Waals surface area contributed by atoms with Gasteiger partial charge in [-0.1, -0.05) is 12.8 Å². The number of carbonyl (C=O) groups excluding carboxylic acids is 2. The third-order valence-corrected chi connectivity index (χ3v) is 3.14. The van der Waals surface area contributed by atoms with Gasteiger partial charge in [0.05, 0.1) is 6.04 Å². The summed E-state index contributed by atoms with van der Waals surface area (Å²) in [5.41, 5.74) is 5.10. The van der Waals surface area contributed by atoms with Gasteiger partial charge in [-0.3, -0.25) is 9.59 Å². The van der Waals surface area contributed by atoms with E-state index in [0.29, 0.717) is 6.04 Å². The van der Waals surface area contributed by atoms with Crippen molar-refractivity contribution in [1.82, 2.24) is 10.6 Å². The van der Waals surface area contributed by atoms with E-state index >= 15 is 0 Å². The lowest BCUT2D eigenvalue weighted by molar-refractivity contribution is -0.124. The highest BCUT2D eigenvalue weighted by Gasteiger charge is 2.21. The van der Waals surface area contributed by atoms with E-state index in [1.807, 2.05) is 13.8 Å². The van der Waals surface area contributed by atoms with Gasteiger partial charge in [0, 0.05) is 18.5 Å². The van der Waals surface area contributed by atoms with E-state index in [0.717, 1.165) is 12.8 Å². The van der Waals surface area contributed by atoms with Gasteiger partial charge in [0.1, 0.15) is 0 Å². The minimum absolute atomic E-state index is 0.00761. The number of hydrogen-bond acceptors (Lipinski definition) is 3. The average molecular weight is 241 g/mol. The summed E-state index contributed by atoms with van der Waals surface area (Å²) in [5, 5.41) is 6.09. The normalized spacial score (nSPS) is 19.9. The van der Waals surface area contributed by atoms with E-state index < -0.39 is 0 Å². The molecule has 5 nitrogen and oxygen atoms in total. The van der Waals surface area contributed by atoms with E-state index in [1.54, 1.807) is 0 Å². The van der Waals surface area contributed by atoms with Gasteiger partial charge in [0.15, 0.2) is 0 Å². The fourth-order valence-corrected chi connectivity index (χ4v) is 2.26. The van der Waals surface area contributed by atoms with Gasteiger partial charge in [0.2, 0.25) is 11.8 Å². The predicted molar refractivity (Wildman–Crippen MR) is 66.3 cm³/mol. The molecule has 1 fully saturated rings. The molecule has 1 rings (SSSR count). The van der Waals surface area contributed by atoms with E-state index in [9.17, 15) is 9.59 Å². The first kappa shape index (κ1) is 14.0. The zero-order valence-electron chi connectivity index (χ0n) is 10.7. The lowest BCUT2D eigenvalue weighted by atomic mass is 10.1. The van der Waals surface area contributed by atoms with Gasteiger partial charge in [-0.25, -0.2) is 0 Å². The van der Waals surface area contributed by atoms with Gasteiger partial charge >= 0.3 is 0 Å². The number of primary amides is 1. The monoisotopic (exact) mass is 241 g/mol. The zero-order chi connectivity index (χ0) is 12.8. The van der Waals surface area contributed by atoms with Crippen LogP contribution in [0.3, 0.4) is 0 Å². The highest BCUT2D eigenvalue weighted by Crippen LogP contribution is 2.17. The molecule has 0 aromatic heterocycles. The van der Waals surface area contributed by atoms with Crippen LogP contribution in [0.2, 0.25) is 0 Å². The minimum atomic E-state index is -0.353. The lowest BCUT2D eigenvalue weighted by Crippen LogP contribution is -2.48. The third kappa shape index (κ3) is 5.17. The van der Waals surface area contributed by atoms with Crippen molar-refractivity contribution < 1.29 is 9.59 Å². The first-order valence-electron chi connectivity index (χ1n) is 6.33. The summed E-state index contributed by atoms with van der Waals surface area (Å²) in [7, 11) is 0. The van der Waals surface area contributed by atoms with Gasteiger partial charge in [0.25, 0.3) is 0 Å². The second kappa shape index (κ2) is 6.59. The Morgan fingerprint density at radius 3 is 2.41 bits per heavy atom. The molecule has 2 amide bonds. The number of hydrogen-bond donors (Lipinski definition) is 3. The van der Waals surface area contributed by atoms with Crippen LogP contribution < -0.4 is 16.4 Å². The van der Waals surface area contributed by atoms with Crippen LogP contribution in [0.4, 0.5) is 0 Å². The van der Waals surface area contributed by atoms with E-state index in [-0.39, 0.29) is 30.3 Å². The molecule has 0 saturated heterocycles. The third-order valence-electron chi connectivity index (χ3n) is 3.14. The minimum Gasteiger partial charge on any atom is -0.370 e. The molecule has 0 aromatic carbocycles. The Morgan fingerprint density at radius 2 is 1.88 bits per heavy atom. The molecule has 0 heterocycles. The summed E-state index contributed by atoms with van der Waals surface area (Å²) >= 11 is 0. The quantitative estimate of drug-likeness (QED) is 0.625. The molecule has 1 aliphatic rings. The van der Waals surface area contributed by atoms with Crippen molar-refractivity contribution in [2.75, 3.05) is 0 Å². The molecule has 0 spiro atoms. The van der Waals surface area contributed by atoms with Gasteiger partial charge in [-0.15, -0.1) is 0 Å². The number of nitrogens with one attached hydrogen (secondary N) is 2. The van der Waals surface area contributed by atoms with E-state index in [2.05, 4.69) is 10.6 Å². The van der Waals surface area contributed by atoms with Crippen LogP contribution in [0, 0.1) is 0 Å². The van der Waals surface area contributed by atoms with Crippen LogP contribution >= 0.6 is 0 Å². The van der Waals surface area contributed by atoms with Gasteiger partial charge in [-0.2, -0.15) is 0 Å². The zero-order valence-corrected chi connectivity index (χ0v) is 10.7. The topological polar surface area (TPSA) is 84.2 Å². The smallest absolute Gasteiger partial charge is 0.237 e. The molecule has 1 saturated carbocycles. The second-order valence-corrected chi connectivity index (χ2v) is 4.95. The standard InChI is InChI=1S/C12H23N3O2/c1-8(7-11(13)16)14-9(2)12(17)15-10-5-3-4-6-10/h8-10,14H,3-7H2,1-2H3,(H2,13,16)(H,15,17). The van der Waals surface area contributed by atoms with Crippen LogP contribution in [-0.2, 0) is 9.59 Å². The largest absolute Gasteiger partial charge is 0.370 e. The molecule has 5 heteroatoms. The van der Waals surface area contributed by atoms with Crippen molar-refractivity contribution in [3.8, 4) is 0 Å². The van der Waals surface area contributed by atoms with Gasteiger partial charge in [-0.05, 0) is 26.7 Å². The Bertz CT molecular complexity index is 275. The van der Waals surface area contributed by atoms with E-state index in [1.165, 1.54) is 12.8 Å². The molecule has 4 N–H and O–H groups in total. The summed E-state index contributed by atoms with van der Waals surface area (Å²) in [6.07, 6.45) is 4.81. The Morgan fingerprint density at radius 1 is 1.29 bits per heavy atom. The molecule has 1 aliphatic carbocycles. The summed E-state index contributed by atoms with van der Waals surface area (Å²) in [6, 6.07) is -0.0278. The average Bonchev–Trinajstić information content (AvgIpc) is 2.68. The lowest BCUT2D eigenvalue weighted by Gasteiger charge is -2.20. The first-order chi connectivity index (χ1) is 7.99. The van der Waals surface area contributed by atoms with Crippen molar-refractivity contribution >= 4 is 11.8 Å². The van der Waals surface area contributed by atoms with Crippen molar-refractivity contribution in [2.24, 2.45) is 5.73 Å². The molecular formula is C12H23N3O2. The molecular weight excluding hydrogens is 218 g/mol. The second-order valence-electron chi connectivity index (χ2n) is 4.95. The highest BCUT2D eigenvalue weighted by molar-refractivity contribution is 5.81. The Hall–Kier alpha value is -1.10. The number of nitrogens with two attached hydrogens (primary N) is 1. The number of amides is 2. The van der Waals surface area contributed by atoms with Crippen molar-refractivity contribution in [3.63, 3.8) is 0 Å². The number of rotatable bonds is 6. The SMILES string of the molecule is CC(CC(N)=O)NC(C)C(=O)NC1CCCC1. The molecule has 0 bridgehead atoms. The molecule has 2 atom stereocenters. The fourth-order valence-electron chi connectivity index (χ4n) is 2.26. The Kier molecular flexibility index (Phi) is 5.41. The van der Waals surface area contributed by atoms with Crippen molar-refractivity contribution in [2.45, 2.75) is 64.1 Å². The maximum Gasteiger partial charge on any atom is 0.237 e. The van der Waals surface area contributed by atoms with Crippen molar-refractivity contribution in [3.05, 3.63) is 0 Å². The highest BCUT2D eigenvalue weighted by atomic mass is 16.2. The first-order valence-corrected chi connectivity index (χ1v) is 6.33. The van der Waals surface area contributed by atoms with Crippen LogP contribution in [0.5, 0.6) is 0 Å². The van der Waals surface area contributed by atoms with Crippen LogP contribution in [0.25, 0.3) is 0 Å². The Balaban J connectivity index is 2.27. The van der Waals surface area contributed by atoms with Crippen LogP contribution in [0.1, 0.15) is 46.0 Å². The predicted octanol–water partition coefficient (Wildman–Crippen LogP) is 0.287. The van der Waals surface area contributed by atoms with Crippen LogP contribution in [-0.4, -0.2) is 29.9 Å². The summed E-state index contributed by atoms with van der Waals surface area (Å²) < 4.78 is 0. The number of carbonyl (C=O) groups is 2. The van der Waals surface area contributed by atoms with Crippen molar-refractivity contribution in [1.29, 1.82) is 0 Å². The maximum atomic E-state index is 11.8. The Labute approximate surface area is 103 Å². The molecule has 0 aliphatic heterocycles. The molecule has 0 aromatic rings. The summed E-state index contributed by atoms with van der Waals surface area (Å²) in [6.45, 7) is 3.66. The molecule has 17 heavy (non-hydrogen) atoms. The summed E-state index contributed by atoms with van der Waals surface area (Å²) in [5.74, 6) is -0.346. The van der Waals surface area contributed by atoms with Gasteiger partial charge < -0.3 is 16.4 Å². The molecule has 98 valence electrons. The fraction of sp³-hybridized carbons (Fsp3) is 0.833. The maximum absolute atomic E-state index is 11.8. The molecule has 0 radical (unpaired) electrons. The van der Waals surface area contributed by atoms with Crippen LogP contribution in [0.15, 0.2) is 0 Å². The van der Waals surface area contributed by atoms with E-state index in [4.69, 9.17) is 5.73 Å². The summed E-state index contributed by atoms with van der Waals surface area (Å²) in [4.78, 5) is 22.6.